The van der Waals surface area contributed by atoms with Crippen molar-refractivity contribution >= 4 is 40.6 Å². The van der Waals surface area contributed by atoms with Crippen LogP contribution in [-0.2, 0) is 16.0 Å². The number of carbonyl (C=O) groups is 3. The first-order chi connectivity index (χ1) is 16.2. The first-order valence-electron chi connectivity index (χ1n) is 9.74. The Labute approximate surface area is 197 Å². The predicted octanol–water partition coefficient (Wildman–Crippen LogP) is 4.52. The lowest BCUT2D eigenvalue weighted by atomic mass is 10.0. The zero-order valence-corrected chi connectivity index (χ0v) is 18.9. The third kappa shape index (κ3) is 5.09. The van der Waals surface area contributed by atoms with E-state index in [0.29, 0.717) is 46.2 Å². The molecule has 7 nitrogen and oxygen atoms in total. The van der Waals surface area contributed by atoms with Gasteiger partial charge in [0.25, 0.3) is 11.1 Å². The maximum Gasteiger partial charge on any atom is 0.294 e. The highest BCUT2D eigenvalue weighted by Gasteiger charge is 2.36. The Bertz CT molecular complexity index is 1220. The van der Waals surface area contributed by atoms with E-state index in [1.165, 1.54) is 20.3 Å². The maximum absolute atomic E-state index is 13.8. The van der Waals surface area contributed by atoms with Crippen LogP contribution >= 0.6 is 11.8 Å². The van der Waals surface area contributed by atoms with E-state index in [4.69, 9.17) is 9.47 Å². The van der Waals surface area contributed by atoms with Crippen LogP contribution in [0.15, 0.2) is 41.8 Å². The predicted molar refractivity (Wildman–Crippen MR) is 121 cm³/mol. The quantitative estimate of drug-likeness (QED) is 0.331. The molecule has 1 aliphatic heterocycles. The second-order valence-electron chi connectivity index (χ2n) is 6.95. The fourth-order valence-electron chi connectivity index (χ4n) is 3.20. The summed E-state index contributed by atoms with van der Waals surface area (Å²) < 4.78 is 50.9. The van der Waals surface area contributed by atoms with Gasteiger partial charge in [0.05, 0.1) is 24.8 Å². The molecular weight excluding hydrogens is 473 g/mol. The number of nitrogens with one attached hydrogen (secondary N) is 1. The molecule has 0 unspecified atom stereocenters. The van der Waals surface area contributed by atoms with Gasteiger partial charge in [0.2, 0.25) is 5.91 Å². The maximum atomic E-state index is 13.8. The molecular formula is C23H19F3N2O5S. The molecule has 1 heterocycles. The summed E-state index contributed by atoms with van der Waals surface area (Å²) in [5, 5.41) is 1.31. The van der Waals surface area contributed by atoms with Crippen LogP contribution in [0.1, 0.15) is 11.1 Å². The fraction of sp³-hybridized carbons (Fsp3) is 0.174. The van der Waals surface area contributed by atoms with Crippen LogP contribution < -0.4 is 14.8 Å². The standard InChI is InChI=1S/C23H19F3N2O5S/c1-4-5-13-8-12(9-16(32-2)21(13)33-3)10-17-22(30)28(23(31)34-17)11-18(29)27-15-7-6-14(24)19(25)20(15)26/h4,6-10H,1,5,11H2,2-3H3,(H,27,29)/b17-10-. The van der Waals surface area contributed by atoms with Gasteiger partial charge < -0.3 is 14.8 Å². The van der Waals surface area contributed by atoms with Gasteiger partial charge in [0, 0.05) is 5.56 Å². The van der Waals surface area contributed by atoms with Gasteiger partial charge in [-0.15, -0.1) is 6.58 Å². The summed E-state index contributed by atoms with van der Waals surface area (Å²) in [7, 11) is 2.95. The van der Waals surface area contributed by atoms with Crippen molar-refractivity contribution in [2.75, 3.05) is 26.1 Å². The molecule has 1 fully saturated rings. The molecule has 3 rings (SSSR count). The molecule has 0 saturated carbocycles. The SMILES string of the molecule is C=CCc1cc(/C=C2\SC(=O)N(CC(=O)Nc3ccc(F)c(F)c3F)C2=O)cc(OC)c1OC. The van der Waals surface area contributed by atoms with E-state index in [2.05, 4.69) is 6.58 Å². The molecule has 11 heteroatoms. The van der Waals surface area contributed by atoms with Gasteiger partial charge >= 0.3 is 0 Å². The van der Waals surface area contributed by atoms with Gasteiger partial charge in [-0.3, -0.25) is 19.3 Å². The molecule has 0 atom stereocenters. The van der Waals surface area contributed by atoms with Crippen molar-refractivity contribution in [2.45, 2.75) is 6.42 Å². The Hall–Kier alpha value is -3.73. The van der Waals surface area contributed by atoms with E-state index in [1.54, 1.807) is 18.2 Å². The smallest absolute Gasteiger partial charge is 0.294 e. The minimum Gasteiger partial charge on any atom is -0.493 e. The molecule has 2 aromatic carbocycles. The molecule has 0 aliphatic carbocycles. The second-order valence-corrected chi connectivity index (χ2v) is 7.94. The van der Waals surface area contributed by atoms with Crippen LogP contribution in [0.25, 0.3) is 6.08 Å². The molecule has 0 bridgehead atoms. The monoisotopic (exact) mass is 492 g/mol. The third-order valence-electron chi connectivity index (χ3n) is 4.72. The summed E-state index contributed by atoms with van der Waals surface area (Å²) in [5.74, 6) is -5.54. The molecule has 1 saturated heterocycles. The van der Waals surface area contributed by atoms with E-state index < -0.39 is 46.7 Å². The van der Waals surface area contributed by atoms with Gasteiger partial charge in [-0.05, 0) is 54.1 Å². The number of thioether (sulfide) groups is 1. The first-order valence-corrected chi connectivity index (χ1v) is 10.6. The zero-order valence-electron chi connectivity index (χ0n) is 18.1. The first kappa shape index (κ1) is 24.9. The van der Waals surface area contributed by atoms with E-state index in [-0.39, 0.29) is 4.91 Å². The molecule has 0 spiro atoms. The number of benzene rings is 2. The van der Waals surface area contributed by atoms with Gasteiger partial charge in [0.1, 0.15) is 6.54 Å². The number of methoxy groups -OCH3 is 2. The molecule has 3 amide bonds. The summed E-state index contributed by atoms with van der Waals surface area (Å²) in [4.78, 5) is 38.0. The number of hydrogen-bond donors (Lipinski definition) is 1. The van der Waals surface area contributed by atoms with Crippen LogP contribution in [0.3, 0.4) is 0 Å². The fourth-order valence-corrected chi connectivity index (χ4v) is 4.04. The van der Waals surface area contributed by atoms with Crippen molar-refractivity contribution in [3.8, 4) is 11.5 Å². The van der Waals surface area contributed by atoms with Gasteiger partial charge in [-0.2, -0.15) is 0 Å². The number of imide groups is 1. The van der Waals surface area contributed by atoms with Crippen LogP contribution in [0.2, 0.25) is 0 Å². The summed E-state index contributed by atoms with van der Waals surface area (Å²) in [6.07, 6.45) is 3.60. The van der Waals surface area contributed by atoms with E-state index in [9.17, 15) is 27.6 Å². The number of hydrogen-bond acceptors (Lipinski definition) is 6. The minimum absolute atomic E-state index is 0.0496. The number of amides is 3. The highest BCUT2D eigenvalue weighted by Crippen LogP contribution is 2.37. The minimum atomic E-state index is -1.75. The lowest BCUT2D eigenvalue weighted by Crippen LogP contribution is -2.36. The van der Waals surface area contributed by atoms with Crippen LogP contribution in [0.4, 0.5) is 23.7 Å². The summed E-state index contributed by atoms with van der Waals surface area (Å²) in [5.41, 5.74) is 0.676. The van der Waals surface area contributed by atoms with Crippen molar-refractivity contribution in [3.63, 3.8) is 0 Å². The van der Waals surface area contributed by atoms with Crippen molar-refractivity contribution < 1.29 is 37.0 Å². The van der Waals surface area contributed by atoms with E-state index in [0.717, 1.165) is 11.6 Å². The Balaban J connectivity index is 1.80. The number of anilines is 1. The molecule has 34 heavy (non-hydrogen) atoms. The number of halogens is 3. The zero-order chi connectivity index (χ0) is 25.0. The Morgan fingerprint density at radius 3 is 2.53 bits per heavy atom. The summed E-state index contributed by atoms with van der Waals surface area (Å²) in [6.45, 7) is 2.96. The Morgan fingerprint density at radius 1 is 1.15 bits per heavy atom. The molecule has 0 radical (unpaired) electrons. The van der Waals surface area contributed by atoms with Crippen LogP contribution in [-0.4, -0.2) is 42.7 Å². The third-order valence-corrected chi connectivity index (χ3v) is 5.63. The van der Waals surface area contributed by atoms with Crippen molar-refractivity contribution in [3.05, 3.63) is 70.4 Å². The summed E-state index contributed by atoms with van der Waals surface area (Å²) in [6, 6.07) is 4.84. The average Bonchev–Trinajstić information content (AvgIpc) is 3.06. The van der Waals surface area contributed by atoms with Gasteiger partial charge in [-0.1, -0.05) is 6.08 Å². The number of nitrogens with zero attached hydrogens (tertiary/aromatic N) is 1. The molecule has 1 aliphatic rings. The summed E-state index contributed by atoms with van der Waals surface area (Å²) >= 11 is 0.618. The van der Waals surface area contributed by atoms with E-state index in [1.807, 2.05) is 5.32 Å². The number of allylic oxidation sites excluding steroid dienone is 1. The Morgan fingerprint density at radius 2 is 1.88 bits per heavy atom. The van der Waals surface area contributed by atoms with Crippen molar-refractivity contribution in [1.29, 1.82) is 0 Å². The van der Waals surface area contributed by atoms with Gasteiger partial charge in [-0.25, -0.2) is 13.2 Å². The van der Waals surface area contributed by atoms with Crippen LogP contribution in [0.5, 0.6) is 11.5 Å². The number of rotatable bonds is 8. The Kier molecular flexibility index (Phi) is 7.67. The second kappa shape index (κ2) is 10.5. The lowest BCUT2D eigenvalue weighted by Gasteiger charge is -2.14. The van der Waals surface area contributed by atoms with E-state index >= 15 is 0 Å². The van der Waals surface area contributed by atoms with Crippen LogP contribution in [0, 0.1) is 17.5 Å². The van der Waals surface area contributed by atoms with Gasteiger partial charge in [0.15, 0.2) is 29.0 Å². The molecule has 1 N–H and O–H groups in total. The lowest BCUT2D eigenvalue weighted by molar-refractivity contribution is -0.127. The largest absolute Gasteiger partial charge is 0.493 e. The molecule has 0 aromatic heterocycles. The number of carbonyl (C=O) groups excluding carboxylic acids is 3. The van der Waals surface area contributed by atoms with Crippen molar-refractivity contribution in [1.82, 2.24) is 4.90 Å². The molecule has 178 valence electrons. The molecule has 2 aromatic rings. The highest BCUT2D eigenvalue weighted by atomic mass is 32.2. The van der Waals surface area contributed by atoms with Crippen molar-refractivity contribution in [2.24, 2.45) is 0 Å². The normalized spacial score (nSPS) is 14.5. The topological polar surface area (TPSA) is 84.9 Å². The average molecular weight is 492 g/mol. The highest BCUT2D eigenvalue weighted by molar-refractivity contribution is 8.18. The number of ether oxygens (including phenoxy) is 2.